The Labute approximate surface area is 154 Å². The van der Waals surface area contributed by atoms with Gasteiger partial charge in [-0.2, -0.15) is 0 Å². The first kappa shape index (κ1) is 15.9. The van der Waals surface area contributed by atoms with Gasteiger partial charge in [-0.3, -0.25) is 4.90 Å². The lowest BCUT2D eigenvalue weighted by atomic mass is 9.83. The fourth-order valence-electron chi connectivity index (χ4n) is 4.08. The van der Waals surface area contributed by atoms with Gasteiger partial charge in [-0.25, -0.2) is 19.9 Å². The van der Waals surface area contributed by atoms with Crippen LogP contribution in [0.5, 0.6) is 0 Å². The molecule has 2 saturated heterocycles. The summed E-state index contributed by atoms with van der Waals surface area (Å²) in [6.45, 7) is 6.30. The minimum Gasteiger partial charge on any atom is -0.353 e. The molecule has 7 nitrogen and oxygen atoms in total. The maximum Gasteiger partial charge on any atom is 0.225 e. The van der Waals surface area contributed by atoms with E-state index in [1.807, 2.05) is 18.5 Å². The van der Waals surface area contributed by atoms with Crippen molar-refractivity contribution < 1.29 is 0 Å². The van der Waals surface area contributed by atoms with Crippen molar-refractivity contribution in [1.29, 1.82) is 0 Å². The van der Waals surface area contributed by atoms with Crippen molar-refractivity contribution in [2.45, 2.75) is 31.2 Å². The summed E-state index contributed by atoms with van der Waals surface area (Å²) < 4.78 is 0. The fourth-order valence-corrected chi connectivity index (χ4v) is 4.08. The highest BCUT2D eigenvalue weighted by molar-refractivity contribution is 5.44. The van der Waals surface area contributed by atoms with E-state index in [0.29, 0.717) is 12.0 Å². The second kappa shape index (κ2) is 6.79. The molecule has 0 radical (unpaired) electrons. The average Bonchev–Trinajstić information content (AvgIpc) is 2.61. The number of nitrogens with zero attached hydrogens (tertiary/aromatic N) is 7. The summed E-state index contributed by atoms with van der Waals surface area (Å²) in [5.74, 6) is 2.63. The highest BCUT2D eigenvalue weighted by Gasteiger charge is 2.35. The topological polar surface area (TPSA) is 61.3 Å². The average molecular weight is 351 g/mol. The van der Waals surface area contributed by atoms with Gasteiger partial charge < -0.3 is 9.80 Å². The molecule has 4 heterocycles. The zero-order valence-electron chi connectivity index (χ0n) is 15.0. The van der Waals surface area contributed by atoms with Gasteiger partial charge in [0.25, 0.3) is 0 Å². The van der Waals surface area contributed by atoms with Gasteiger partial charge in [0.1, 0.15) is 12.1 Å². The van der Waals surface area contributed by atoms with Gasteiger partial charge in [-0.05, 0) is 18.9 Å². The van der Waals surface area contributed by atoms with Crippen LogP contribution in [0.15, 0.2) is 30.9 Å². The van der Waals surface area contributed by atoms with Crippen molar-refractivity contribution in [3.05, 3.63) is 36.5 Å². The quantitative estimate of drug-likeness (QED) is 0.828. The normalized spacial score (nSPS) is 22.2. The number of rotatable bonds is 4. The molecule has 2 aromatic rings. The lowest BCUT2D eigenvalue weighted by molar-refractivity contribution is 0.156. The molecule has 0 amide bonds. The zero-order chi connectivity index (χ0) is 17.3. The maximum absolute atomic E-state index is 4.51. The molecule has 0 bridgehead atoms. The summed E-state index contributed by atoms with van der Waals surface area (Å²) in [4.78, 5) is 25.0. The number of anilines is 2. The van der Waals surface area contributed by atoms with E-state index < -0.39 is 0 Å². The van der Waals surface area contributed by atoms with Crippen LogP contribution < -0.4 is 9.80 Å². The number of hydrogen-bond donors (Lipinski definition) is 0. The molecule has 0 atom stereocenters. The van der Waals surface area contributed by atoms with Crippen LogP contribution in [0.25, 0.3) is 0 Å². The highest BCUT2D eigenvalue weighted by atomic mass is 15.4. The van der Waals surface area contributed by atoms with Crippen molar-refractivity contribution in [3.63, 3.8) is 0 Å². The Morgan fingerprint density at radius 2 is 1.62 bits per heavy atom. The standard InChI is InChI=1S/C19H25N7/c1-3-15(4-1)17-11-18(23-14-22-17)26-12-16(13-26)24-7-9-25(10-8-24)19-20-5-2-6-21-19/h2,5-6,11,14-16H,1,3-4,7-10,12-13H2. The Morgan fingerprint density at radius 3 is 2.31 bits per heavy atom. The van der Waals surface area contributed by atoms with Gasteiger partial charge in [0, 0.05) is 75.4 Å². The van der Waals surface area contributed by atoms with Crippen LogP contribution in [-0.2, 0) is 0 Å². The van der Waals surface area contributed by atoms with Gasteiger partial charge in [-0.1, -0.05) is 6.42 Å². The van der Waals surface area contributed by atoms with E-state index in [1.165, 1.54) is 25.0 Å². The van der Waals surface area contributed by atoms with Gasteiger partial charge in [-0.15, -0.1) is 0 Å². The zero-order valence-corrected chi connectivity index (χ0v) is 15.0. The predicted molar refractivity (Wildman–Crippen MR) is 100 cm³/mol. The molecule has 1 saturated carbocycles. The van der Waals surface area contributed by atoms with Gasteiger partial charge in [0.05, 0.1) is 0 Å². The third-order valence-electron chi connectivity index (χ3n) is 6.05. The van der Waals surface area contributed by atoms with Crippen LogP contribution >= 0.6 is 0 Å². The summed E-state index contributed by atoms with van der Waals surface area (Å²) >= 11 is 0. The molecule has 1 aliphatic carbocycles. The predicted octanol–water partition coefficient (Wildman–Crippen LogP) is 1.54. The third-order valence-corrected chi connectivity index (χ3v) is 6.05. The number of hydrogen-bond acceptors (Lipinski definition) is 7. The molecule has 3 fully saturated rings. The first-order valence-electron chi connectivity index (χ1n) is 9.70. The van der Waals surface area contributed by atoms with Crippen molar-refractivity contribution in [2.75, 3.05) is 49.1 Å². The molecular weight excluding hydrogens is 326 g/mol. The summed E-state index contributed by atoms with van der Waals surface area (Å²) in [5, 5.41) is 0. The van der Waals surface area contributed by atoms with Crippen LogP contribution in [-0.4, -0.2) is 70.1 Å². The van der Waals surface area contributed by atoms with Crippen LogP contribution in [0.3, 0.4) is 0 Å². The summed E-state index contributed by atoms with van der Waals surface area (Å²) in [6.07, 6.45) is 9.30. The first-order valence-corrected chi connectivity index (χ1v) is 9.70. The largest absolute Gasteiger partial charge is 0.353 e. The molecule has 0 aromatic carbocycles. The molecule has 5 rings (SSSR count). The lowest BCUT2D eigenvalue weighted by Gasteiger charge is -2.48. The van der Waals surface area contributed by atoms with Crippen molar-refractivity contribution in [2.24, 2.45) is 0 Å². The minimum atomic E-state index is 0.635. The number of piperazine rings is 1. The Kier molecular flexibility index (Phi) is 4.16. The Hall–Kier alpha value is -2.28. The molecule has 0 unspecified atom stereocenters. The lowest BCUT2D eigenvalue weighted by Crippen LogP contribution is -2.63. The van der Waals surface area contributed by atoms with E-state index >= 15 is 0 Å². The molecule has 136 valence electrons. The Morgan fingerprint density at radius 1 is 0.846 bits per heavy atom. The molecular formula is C19H25N7. The van der Waals surface area contributed by atoms with Gasteiger partial charge >= 0.3 is 0 Å². The summed E-state index contributed by atoms with van der Waals surface area (Å²) in [5.41, 5.74) is 1.24. The summed E-state index contributed by atoms with van der Waals surface area (Å²) in [6, 6.07) is 4.72. The van der Waals surface area contributed by atoms with E-state index in [2.05, 4.69) is 40.7 Å². The molecule has 7 heteroatoms. The van der Waals surface area contributed by atoms with Crippen LogP contribution in [0, 0.1) is 0 Å². The van der Waals surface area contributed by atoms with E-state index in [0.717, 1.165) is 51.0 Å². The van der Waals surface area contributed by atoms with Crippen molar-refractivity contribution in [3.8, 4) is 0 Å². The second-order valence-electron chi connectivity index (χ2n) is 7.56. The number of aromatic nitrogens is 4. The highest BCUT2D eigenvalue weighted by Crippen LogP contribution is 2.36. The molecule has 3 aliphatic rings. The van der Waals surface area contributed by atoms with Crippen LogP contribution in [0.4, 0.5) is 11.8 Å². The molecule has 2 aromatic heterocycles. The van der Waals surface area contributed by atoms with Crippen molar-refractivity contribution >= 4 is 11.8 Å². The van der Waals surface area contributed by atoms with Crippen LogP contribution in [0.2, 0.25) is 0 Å². The van der Waals surface area contributed by atoms with E-state index in [-0.39, 0.29) is 0 Å². The third kappa shape index (κ3) is 3.00. The molecule has 26 heavy (non-hydrogen) atoms. The SMILES string of the molecule is c1cnc(N2CCN(C3CN(c4cc(C5CCC5)ncn4)C3)CC2)nc1. The van der Waals surface area contributed by atoms with Gasteiger partial charge in [0.2, 0.25) is 5.95 Å². The first-order chi connectivity index (χ1) is 12.9. The summed E-state index contributed by atoms with van der Waals surface area (Å²) in [7, 11) is 0. The van der Waals surface area contributed by atoms with Gasteiger partial charge in [0.15, 0.2) is 0 Å². The van der Waals surface area contributed by atoms with Crippen molar-refractivity contribution in [1.82, 2.24) is 24.8 Å². The minimum absolute atomic E-state index is 0.635. The van der Waals surface area contributed by atoms with E-state index in [1.54, 1.807) is 6.33 Å². The smallest absolute Gasteiger partial charge is 0.225 e. The fraction of sp³-hybridized carbons (Fsp3) is 0.579. The maximum atomic E-state index is 4.51. The Balaban J connectivity index is 1.14. The molecule has 2 aliphatic heterocycles. The monoisotopic (exact) mass is 351 g/mol. The Bertz CT molecular complexity index is 735. The molecule has 0 spiro atoms. The molecule has 0 N–H and O–H groups in total. The van der Waals surface area contributed by atoms with E-state index in [4.69, 9.17) is 0 Å². The van der Waals surface area contributed by atoms with E-state index in [9.17, 15) is 0 Å². The van der Waals surface area contributed by atoms with Crippen LogP contribution in [0.1, 0.15) is 30.9 Å². The second-order valence-corrected chi connectivity index (χ2v) is 7.56.